The van der Waals surface area contributed by atoms with Crippen LogP contribution in [-0.2, 0) is 0 Å². The fourth-order valence-electron chi connectivity index (χ4n) is 2.62. The van der Waals surface area contributed by atoms with Gasteiger partial charge in [0.2, 0.25) is 0 Å². The van der Waals surface area contributed by atoms with Gasteiger partial charge in [-0.3, -0.25) is 0 Å². The molecule has 1 aromatic rings. The molecule has 0 spiro atoms. The van der Waals surface area contributed by atoms with Crippen molar-refractivity contribution in [1.29, 1.82) is 0 Å². The average Bonchev–Trinajstić information content (AvgIpc) is 2.40. The molecule has 1 heterocycles. The number of aromatic carboxylic acids is 1. The van der Waals surface area contributed by atoms with Crippen LogP contribution in [0.5, 0.6) is 0 Å². The molecule has 4 nitrogen and oxygen atoms in total. The monoisotopic (exact) mass is 262 g/mol. The second-order valence-corrected chi connectivity index (χ2v) is 5.73. The second kappa shape index (κ2) is 5.11. The van der Waals surface area contributed by atoms with Gasteiger partial charge in [-0.1, -0.05) is 20.3 Å². The van der Waals surface area contributed by atoms with Crippen LogP contribution >= 0.6 is 0 Å². The molecule has 3 N–H and O–H groups in total. The number of carboxylic acids is 1. The van der Waals surface area contributed by atoms with Crippen molar-refractivity contribution in [2.45, 2.75) is 33.1 Å². The summed E-state index contributed by atoms with van der Waals surface area (Å²) in [4.78, 5) is 13.2. The van der Waals surface area contributed by atoms with E-state index in [9.17, 15) is 4.79 Å². The minimum Gasteiger partial charge on any atom is -0.478 e. The molecule has 1 aliphatic heterocycles. The van der Waals surface area contributed by atoms with Crippen molar-refractivity contribution in [3.63, 3.8) is 0 Å². The minimum atomic E-state index is -0.935. The standard InChI is InChI=1S/C15H22N2O2/c1-3-15(2)6-8-17(9-7-15)13-5-4-11(14(18)19)10-12(13)16/h4-5,10H,3,6-9,16H2,1-2H3,(H,18,19). The molecule has 1 fully saturated rings. The number of benzene rings is 1. The number of carbonyl (C=O) groups is 1. The molecule has 0 radical (unpaired) electrons. The maximum absolute atomic E-state index is 10.9. The summed E-state index contributed by atoms with van der Waals surface area (Å²) in [5.74, 6) is -0.935. The van der Waals surface area contributed by atoms with E-state index in [2.05, 4.69) is 18.7 Å². The lowest BCUT2D eigenvalue weighted by molar-refractivity contribution is 0.0697. The number of nitrogens with two attached hydrogens (primary N) is 1. The molecule has 19 heavy (non-hydrogen) atoms. The third kappa shape index (κ3) is 2.83. The summed E-state index contributed by atoms with van der Waals surface area (Å²) in [5, 5.41) is 8.94. The normalized spacial score (nSPS) is 18.3. The number of hydrogen-bond donors (Lipinski definition) is 2. The molecule has 0 atom stereocenters. The maximum atomic E-state index is 10.9. The van der Waals surface area contributed by atoms with Gasteiger partial charge in [-0.25, -0.2) is 4.79 Å². The Morgan fingerprint density at radius 1 is 1.42 bits per heavy atom. The predicted octanol–water partition coefficient (Wildman–Crippen LogP) is 2.98. The minimum absolute atomic E-state index is 0.247. The van der Waals surface area contributed by atoms with Gasteiger partial charge in [-0.15, -0.1) is 0 Å². The van der Waals surface area contributed by atoms with Gasteiger partial charge in [-0.2, -0.15) is 0 Å². The van der Waals surface area contributed by atoms with Crippen molar-refractivity contribution in [2.24, 2.45) is 5.41 Å². The van der Waals surface area contributed by atoms with Crippen molar-refractivity contribution < 1.29 is 9.90 Å². The Balaban J connectivity index is 2.14. The van der Waals surface area contributed by atoms with Crippen LogP contribution in [0.4, 0.5) is 11.4 Å². The Morgan fingerprint density at radius 3 is 2.53 bits per heavy atom. The van der Waals surface area contributed by atoms with Crippen molar-refractivity contribution in [3.8, 4) is 0 Å². The van der Waals surface area contributed by atoms with E-state index >= 15 is 0 Å². The van der Waals surface area contributed by atoms with E-state index in [4.69, 9.17) is 10.8 Å². The Kier molecular flexibility index (Phi) is 3.69. The summed E-state index contributed by atoms with van der Waals surface area (Å²) in [5.41, 5.74) is 8.19. The summed E-state index contributed by atoms with van der Waals surface area (Å²) in [7, 11) is 0. The molecule has 1 saturated heterocycles. The summed E-state index contributed by atoms with van der Waals surface area (Å²) in [6.07, 6.45) is 3.52. The number of piperidine rings is 1. The highest BCUT2D eigenvalue weighted by molar-refractivity contribution is 5.90. The maximum Gasteiger partial charge on any atom is 0.335 e. The molecule has 2 rings (SSSR count). The predicted molar refractivity (Wildman–Crippen MR) is 77.7 cm³/mol. The van der Waals surface area contributed by atoms with Gasteiger partial charge in [0, 0.05) is 13.1 Å². The topological polar surface area (TPSA) is 66.6 Å². The third-order valence-corrected chi connectivity index (χ3v) is 4.44. The van der Waals surface area contributed by atoms with E-state index in [1.54, 1.807) is 12.1 Å². The lowest BCUT2D eigenvalue weighted by Crippen LogP contribution is -2.38. The van der Waals surface area contributed by atoms with Crippen molar-refractivity contribution in [2.75, 3.05) is 23.7 Å². The number of rotatable bonds is 3. The van der Waals surface area contributed by atoms with Gasteiger partial charge in [-0.05, 0) is 36.5 Å². The summed E-state index contributed by atoms with van der Waals surface area (Å²) in [6, 6.07) is 5.00. The van der Waals surface area contributed by atoms with Crippen LogP contribution in [0, 0.1) is 5.41 Å². The first kappa shape index (κ1) is 13.7. The zero-order valence-electron chi connectivity index (χ0n) is 11.6. The van der Waals surface area contributed by atoms with Crippen LogP contribution in [0.15, 0.2) is 18.2 Å². The molecule has 0 amide bonds. The second-order valence-electron chi connectivity index (χ2n) is 5.73. The lowest BCUT2D eigenvalue weighted by Gasteiger charge is -2.40. The molecule has 0 bridgehead atoms. The van der Waals surface area contributed by atoms with Crippen LogP contribution in [0.25, 0.3) is 0 Å². The molecular formula is C15H22N2O2. The van der Waals surface area contributed by atoms with Gasteiger partial charge in [0.25, 0.3) is 0 Å². The lowest BCUT2D eigenvalue weighted by atomic mass is 9.78. The van der Waals surface area contributed by atoms with Crippen LogP contribution in [0.1, 0.15) is 43.5 Å². The number of nitrogens with zero attached hydrogens (tertiary/aromatic N) is 1. The van der Waals surface area contributed by atoms with Gasteiger partial charge >= 0.3 is 5.97 Å². The fourth-order valence-corrected chi connectivity index (χ4v) is 2.62. The molecule has 0 aliphatic carbocycles. The van der Waals surface area contributed by atoms with Gasteiger partial charge in [0.15, 0.2) is 0 Å². The van der Waals surface area contributed by atoms with Gasteiger partial charge in [0.05, 0.1) is 16.9 Å². The zero-order chi connectivity index (χ0) is 14.0. The SMILES string of the molecule is CCC1(C)CCN(c2ccc(C(=O)O)cc2N)CC1. The molecule has 104 valence electrons. The first-order chi connectivity index (χ1) is 8.95. The number of carboxylic acid groups (broad SMARTS) is 1. The molecule has 4 heteroatoms. The fraction of sp³-hybridized carbons (Fsp3) is 0.533. The molecule has 1 aliphatic rings. The van der Waals surface area contributed by atoms with E-state index in [1.807, 2.05) is 6.07 Å². The number of anilines is 2. The van der Waals surface area contributed by atoms with E-state index in [0.29, 0.717) is 11.1 Å². The largest absolute Gasteiger partial charge is 0.478 e. The van der Waals surface area contributed by atoms with Crippen LogP contribution in [0.2, 0.25) is 0 Å². The summed E-state index contributed by atoms with van der Waals surface area (Å²) >= 11 is 0. The van der Waals surface area contributed by atoms with Gasteiger partial charge in [0.1, 0.15) is 0 Å². The molecule has 0 aromatic heterocycles. The van der Waals surface area contributed by atoms with E-state index in [1.165, 1.54) is 6.42 Å². The van der Waals surface area contributed by atoms with Crippen molar-refractivity contribution in [1.82, 2.24) is 0 Å². The summed E-state index contributed by atoms with van der Waals surface area (Å²) in [6.45, 7) is 6.55. The van der Waals surface area contributed by atoms with Crippen LogP contribution < -0.4 is 10.6 Å². The molecule has 0 unspecified atom stereocenters. The Morgan fingerprint density at radius 2 is 2.05 bits per heavy atom. The van der Waals surface area contributed by atoms with Crippen molar-refractivity contribution >= 4 is 17.3 Å². The van der Waals surface area contributed by atoms with E-state index in [-0.39, 0.29) is 5.56 Å². The molecular weight excluding hydrogens is 240 g/mol. The average molecular weight is 262 g/mol. The first-order valence-corrected chi connectivity index (χ1v) is 6.83. The molecule has 0 saturated carbocycles. The highest BCUT2D eigenvalue weighted by Gasteiger charge is 2.28. The number of nitrogen functional groups attached to an aromatic ring is 1. The van der Waals surface area contributed by atoms with Gasteiger partial charge < -0.3 is 15.7 Å². The van der Waals surface area contributed by atoms with E-state index < -0.39 is 5.97 Å². The van der Waals surface area contributed by atoms with E-state index in [0.717, 1.165) is 31.6 Å². The Hall–Kier alpha value is -1.71. The quantitative estimate of drug-likeness (QED) is 0.822. The zero-order valence-corrected chi connectivity index (χ0v) is 11.6. The highest BCUT2D eigenvalue weighted by atomic mass is 16.4. The molecule has 1 aromatic carbocycles. The van der Waals surface area contributed by atoms with Crippen LogP contribution in [-0.4, -0.2) is 24.2 Å². The third-order valence-electron chi connectivity index (χ3n) is 4.44. The smallest absolute Gasteiger partial charge is 0.335 e. The highest BCUT2D eigenvalue weighted by Crippen LogP contribution is 2.37. The van der Waals surface area contributed by atoms with Crippen LogP contribution in [0.3, 0.4) is 0 Å². The first-order valence-electron chi connectivity index (χ1n) is 6.83. The summed E-state index contributed by atoms with van der Waals surface area (Å²) < 4.78 is 0. The Labute approximate surface area is 114 Å². The number of hydrogen-bond acceptors (Lipinski definition) is 3. The van der Waals surface area contributed by atoms with Crippen molar-refractivity contribution in [3.05, 3.63) is 23.8 Å². The Bertz CT molecular complexity index is 477.